The van der Waals surface area contributed by atoms with Gasteiger partial charge in [-0.1, -0.05) is 6.07 Å². The van der Waals surface area contributed by atoms with Crippen molar-refractivity contribution in [2.75, 3.05) is 18.8 Å². The topological polar surface area (TPSA) is 137 Å². The molecule has 1 amide bonds. The smallest absolute Gasteiger partial charge is 0.407 e. The van der Waals surface area contributed by atoms with Crippen molar-refractivity contribution in [1.82, 2.24) is 30.0 Å². The Balaban J connectivity index is 1.61. The highest BCUT2D eigenvalue weighted by atomic mass is 16.4. The van der Waals surface area contributed by atoms with Crippen LogP contribution in [-0.2, 0) is 0 Å². The highest BCUT2D eigenvalue weighted by Crippen LogP contribution is 2.32. The lowest BCUT2D eigenvalue weighted by atomic mass is 10.1. The van der Waals surface area contributed by atoms with Gasteiger partial charge in [-0.25, -0.2) is 14.8 Å². The van der Waals surface area contributed by atoms with Gasteiger partial charge in [-0.3, -0.25) is 5.10 Å². The molecule has 136 valence electrons. The van der Waals surface area contributed by atoms with Crippen molar-refractivity contribution < 1.29 is 9.90 Å². The molecule has 0 aliphatic carbocycles. The number of imidazole rings is 1. The number of fused-ring (bicyclic) bond motifs is 3. The van der Waals surface area contributed by atoms with Crippen molar-refractivity contribution in [3.8, 4) is 11.3 Å². The Hall–Kier alpha value is -3.62. The van der Waals surface area contributed by atoms with Crippen LogP contribution < -0.4 is 5.73 Å². The molecule has 0 unspecified atom stereocenters. The number of aromatic amines is 2. The van der Waals surface area contributed by atoms with Gasteiger partial charge in [0.1, 0.15) is 22.7 Å². The molecular formula is C18H17N7O2. The molecular weight excluding hydrogens is 346 g/mol. The monoisotopic (exact) mass is 363 g/mol. The average Bonchev–Trinajstić information content (AvgIpc) is 3.40. The third-order valence-corrected chi connectivity index (χ3v) is 5.13. The van der Waals surface area contributed by atoms with Crippen LogP contribution in [0.5, 0.6) is 0 Å². The van der Waals surface area contributed by atoms with Crippen molar-refractivity contribution in [2.45, 2.75) is 12.3 Å². The Morgan fingerprint density at radius 2 is 2.19 bits per heavy atom. The lowest BCUT2D eigenvalue weighted by Crippen LogP contribution is -2.26. The number of nitrogens with zero attached hydrogens (tertiary/aromatic N) is 4. The Morgan fingerprint density at radius 3 is 2.93 bits per heavy atom. The largest absolute Gasteiger partial charge is 0.465 e. The molecule has 4 aromatic rings. The van der Waals surface area contributed by atoms with E-state index in [0.29, 0.717) is 24.4 Å². The normalized spacial score (nSPS) is 17.2. The van der Waals surface area contributed by atoms with Gasteiger partial charge >= 0.3 is 6.09 Å². The van der Waals surface area contributed by atoms with Crippen molar-refractivity contribution in [1.29, 1.82) is 0 Å². The number of nitrogens with one attached hydrogen (secondary N) is 2. The van der Waals surface area contributed by atoms with Gasteiger partial charge in [0, 0.05) is 36.2 Å². The number of rotatable bonds is 2. The van der Waals surface area contributed by atoms with E-state index in [9.17, 15) is 4.79 Å². The van der Waals surface area contributed by atoms with E-state index in [1.165, 1.54) is 4.90 Å². The molecule has 0 saturated carbocycles. The summed E-state index contributed by atoms with van der Waals surface area (Å²) in [4.78, 5) is 25.1. The van der Waals surface area contributed by atoms with E-state index in [1.807, 2.05) is 24.3 Å². The van der Waals surface area contributed by atoms with Gasteiger partial charge in [0.05, 0.1) is 11.2 Å². The molecule has 0 spiro atoms. The second-order valence-corrected chi connectivity index (χ2v) is 6.76. The van der Waals surface area contributed by atoms with Crippen molar-refractivity contribution >= 4 is 33.8 Å². The van der Waals surface area contributed by atoms with Crippen LogP contribution >= 0.6 is 0 Å². The summed E-state index contributed by atoms with van der Waals surface area (Å²) >= 11 is 0. The van der Waals surface area contributed by atoms with Gasteiger partial charge in [-0.15, -0.1) is 0 Å². The zero-order valence-corrected chi connectivity index (χ0v) is 14.3. The van der Waals surface area contributed by atoms with E-state index in [2.05, 4.69) is 20.2 Å². The van der Waals surface area contributed by atoms with E-state index < -0.39 is 6.09 Å². The van der Waals surface area contributed by atoms with E-state index in [4.69, 9.17) is 15.8 Å². The zero-order chi connectivity index (χ0) is 18.5. The molecule has 5 N–H and O–H groups in total. The molecule has 27 heavy (non-hydrogen) atoms. The number of hydrogen-bond donors (Lipinski definition) is 4. The standard InChI is InChI=1S/C18H17N7O2/c19-16-15-14(22-17(23-15)10-4-6-25(8-10)18(26)27)11-2-1-9(7-13(11)21-16)12-3-5-20-24-12/h1-3,5,7,10H,4,6,8H2,(H2,19,21)(H,20,24)(H,22,23)(H,26,27)/t10-/m0/s1. The predicted octanol–water partition coefficient (Wildman–Crippen LogP) is 2.55. The number of nitrogens with two attached hydrogens (primary N) is 1. The average molecular weight is 363 g/mol. The molecule has 3 aromatic heterocycles. The van der Waals surface area contributed by atoms with Crippen LogP contribution in [0.2, 0.25) is 0 Å². The highest BCUT2D eigenvalue weighted by Gasteiger charge is 2.29. The number of aromatic nitrogens is 5. The molecule has 0 radical (unpaired) electrons. The molecule has 1 saturated heterocycles. The second-order valence-electron chi connectivity index (χ2n) is 6.76. The fourth-order valence-electron chi connectivity index (χ4n) is 3.72. The van der Waals surface area contributed by atoms with Gasteiger partial charge in [-0.05, 0) is 24.6 Å². The zero-order valence-electron chi connectivity index (χ0n) is 14.3. The highest BCUT2D eigenvalue weighted by molar-refractivity contribution is 6.07. The maximum absolute atomic E-state index is 11.2. The number of hydrogen-bond acceptors (Lipinski definition) is 5. The number of amides is 1. The van der Waals surface area contributed by atoms with Crippen LogP contribution in [0.25, 0.3) is 33.2 Å². The van der Waals surface area contributed by atoms with Crippen LogP contribution in [0.3, 0.4) is 0 Å². The molecule has 9 heteroatoms. The van der Waals surface area contributed by atoms with Crippen LogP contribution in [0, 0.1) is 0 Å². The van der Waals surface area contributed by atoms with Crippen LogP contribution in [0.4, 0.5) is 10.6 Å². The Morgan fingerprint density at radius 1 is 1.30 bits per heavy atom. The molecule has 1 aliphatic rings. The van der Waals surface area contributed by atoms with Gasteiger partial charge < -0.3 is 20.7 Å². The van der Waals surface area contributed by atoms with Crippen LogP contribution in [0.1, 0.15) is 18.2 Å². The van der Waals surface area contributed by atoms with E-state index in [1.54, 1.807) is 6.20 Å². The van der Waals surface area contributed by atoms with Crippen molar-refractivity contribution in [3.05, 3.63) is 36.3 Å². The maximum Gasteiger partial charge on any atom is 0.407 e. The lowest BCUT2D eigenvalue weighted by Gasteiger charge is -2.10. The summed E-state index contributed by atoms with van der Waals surface area (Å²) in [6.45, 7) is 0.948. The summed E-state index contributed by atoms with van der Waals surface area (Å²) in [5, 5.41) is 17.0. The number of anilines is 1. The third-order valence-electron chi connectivity index (χ3n) is 5.13. The Labute approximate surface area is 153 Å². The fraction of sp³-hybridized carbons (Fsp3) is 0.222. The first-order valence-corrected chi connectivity index (χ1v) is 8.66. The second kappa shape index (κ2) is 5.70. The number of nitrogen functional groups attached to an aromatic ring is 1. The number of H-pyrrole nitrogens is 2. The van der Waals surface area contributed by atoms with E-state index in [-0.39, 0.29) is 5.92 Å². The summed E-state index contributed by atoms with van der Waals surface area (Å²) in [6.07, 6.45) is 1.54. The SMILES string of the molecule is Nc1nc2cc(-c3ccn[nH]3)ccc2c2nc([C@H]3CCN(C(=O)O)C3)[nH]c12. The lowest BCUT2D eigenvalue weighted by molar-refractivity contribution is 0.155. The van der Waals surface area contributed by atoms with Gasteiger partial charge in [-0.2, -0.15) is 5.10 Å². The predicted molar refractivity (Wildman–Crippen MR) is 100 cm³/mol. The molecule has 1 fully saturated rings. The first-order valence-electron chi connectivity index (χ1n) is 8.66. The fourth-order valence-corrected chi connectivity index (χ4v) is 3.72. The molecule has 4 heterocycles. The summed E-state index contributed by atoms with van der Waals surface area (Å²) < 4.78 is 0. The first-order chi connectivity index (χ1) is 13.1. The number of pyridine rings is 1. The van der Waals surface area contributed by atoms with Crippen LogP contribution in [-0.4, -0.2) is 54.3 Å². The first kappa shape index (κ1) is 15.6. The van der Waals surface area contributed by atoms with Gasteiger partial charge in [0.2, 0.25) is 0 Å². The molecule has 1 aliphatic heterocycles. The number of carboxylic acid groups (broad SMARTS) is 1. The minimum atomic E-state index is -0.897. The molecule has 9 nitrogen and oxygen atoms in total. The minimum Gasteiger partial charge on any atom is -0.465 e. The molecule has 5 rings (SSSR count). The van der Waals surface area contributed by atoms with E-state index in [0.717, 1.165) is 39.9 Å². The Kier molecular flexibility index (Phi) is 3.30. The summed E-state index contributed by atoms with van der Waals surface area (Å²) in [6, 6.07) is 7.81. The van der Waals surface area contributed by atoms with Crippen LogP contribution in [0.15, 0.2) is 30.5 Å². The number of benzene rings is 1. The third kappa shape index (κ3) is 2.47. The number of carbonyl (C=O) groups is 1. The van der Waals surface area contributed by atoms with Crippen molar-refractivity contribution in [2.24, 2.45) is 0 Å². The summed E-state index contributed by atoms with van der Waals surface area (Å²) in [7, 11) is 0. The van der Waals surface area contributed by atoms with Crippen molar-refractivity contribution in [3.63, 3.8) is 0 Å². The van der Waals surface area contributed by atoms with Gasteiger partial charge in [0.15, 0.2) is 0 Å². The molecule has 1 aromatic carbocycles. The summed E-state index contributed by atoms with van der Waals surface area (Å²) in [5.74, 6) is 1.17. The summed E-state index contributed by atoms with van der Waals surface area (Å²) in [5.41, 5.74) is 10.3. The quantitative estimate of drug-likeness (QED) is 0.432. The minimum absolute atomic E-state index is 0.0345. The number of likely N-dealkylation sites (tertiary alicyclic amines) is 1. The molecule has 1 atom stereocenters. The van der Waals surface area contributed by atoms with Gasteiger partial charge in [0.25, 0.3) is 0 Å². The molecule has 0 bridgehead atoms. The Bertz CT molecular complexity index is 1170. The maximum atomic E-state index is 11.2. The van der Waals surface area contributed by atoms with E-state index >= 15 is 0 Å².